The highest BCUT2D eigenvalue weighted by Crippen LogP contribution is 2.38. The zero-order chi connectivity index (χ0) is 19.2. The molecule has 2 amide bonds. The van der Waals surface area contributed by atoms with Crippen molar-refractivity contribution in [1.82, 2.24) is 5.32 Å². The molecule has 3 rings (SSSR count). The van der Waals surface area contributed by atoms with Crippen molar-refractivity contribution >= 4 is 23.6 Å². The van der Waals surface area contributed by atoms with Crippen LogP contribution in [0, 0.1) is 0 Å². The number of esters is 1. The van der Waals surface area contributed by atoms with Crippen LogP contribution < -0.4 is 20.5 Å². The van der Waals surface area contributed by atoms with Gasteiger partial charge in [0.1, 0.15) is 19.8 Å². The lowest BCUT2D eigenvalue weighted by Crippen LogP contribution is -2.34. The highest BCUT2D eigenvalue weighted by atomic mass is 35.5. The number of fused-ring (bicyclic) bond motifs is 1. The number of rotatable bonds is 6. The number of benzene rings is 2. The van der Waals surface area contributed by atoms with Crippen molar-refractivity contribution in [3.63, 3.8) is 0 Å². The highest BCUT2D eigenvalue weighted by molar-refractivity contribution is 6.32. The van der Waals surface area contributed by atoms with Gasteiger partial charge >= 0.3 is 12.0 Å². The molecule has 3 N–H and O–H groups in total. The smallest absolute Gasteiger partial charge is 0.312 e. The minimum Gasteiger partial charge on any atom is -0.486 e. The van der Waals surface area contributed by atoms with Crippen molar-refractivity contribution < 1.29 is 23.8 Å². The highest BCUT2D eigenvalue weighted by Gasteiger charge is 2.20. The van der Waals surface area contributed by atoms with Gasteiger partial charge in [0, 0.05) is 0 Å². The average molecular weight is 391 g/mol. The SMILES string of the molecule is NC(=O)N[C@H](CC(=O)OCc1cc(Cl)c2c(c1)OCCO2)c1ccccc1. The largest absolute Gasteiger partial charge is 0.486 e. The second kappa shape index (κ2) is 8.64. The van der Waals surface area contributed by atoms with E-state index in [2.05, 4.69) is 5.32 Å². The van der Waals surface area contributed by atoms with E-state index >= 15 is 0 Å². The van der Waals surface area contributed by atoms with Crippen molar-refractivity contribution in [1.29, 1.82) is 0 Å². The second-order valence-electron chi connectivity index (χ2n) is 5.94. The molecule has 8 heteroatoms. The molecule has 1 heterocycles. The van der Waals surface area contributed by atoms with E-state index in [9.17, 15) is 9.59 Å². The van der Waals surface area contributed by atoms with Gasteiger partial charge in [0.15, 0.2) is 11.5 Å². The maximum Gasteiger partial charge on any atom is 0.312 e. The maximum atomic E-state index is 12.3. The molecule has 27 heavy (non-hydrogen) atoms. The van der Waals surface area contributed by atoms with Crippen LogP contribution in [0.2, 0.25) is 5.02 Å². The van der Waals surface area contributed by atoms with Crippen LogP contribution in [0.25, 0.3) is 0 Å². The summed E-state index contributed by atoms with van der Waals surface area (Å²) in [5.41, 5.74) is 6.65. The van der Waals surface area contributed by atoms with Gasteiger partial charge in [-0.15, -0.1) is 0 Å². The molecule has 0 unspecified atom stereocenters. The number of nitrogens with one attached hydrogen (secondary N) is 1. The summed E-state index contributed by atoms with van der Waals surface area (Å²) in [6, 6.07) is 11.2. The molecular formula is C19H19ClN2O5. The third kappa shape index (κ3) is 5.04. The van der Waals surface area contributed by atoms with E-state index in [0.29, 0.717) is 35.3 Å². The third-order valence-electron chi connectivity index (χ3n) is 3.95. The van der Waals surface area contributed by atoms with Crippen LogP contribution in [0.5, 0.6) is 11.5 Å². The number of urea groups is 1. The summed E-state index contributed by atoms with van der Waals surface area (Å²) < 4.78 is 16.3. The summed E-state index contributed by atoms with van der Waals surface area (Å²) >= 11 is 6.18. The lowest BCUT2D eigenvalue weighted by molar-refractivity contribution is -0.145. The van der Waals surface area contributed by atoms with Gasteiger partial charge in [-0.3, -0.25) is 4.79 Å². The quantitative estimate of drug-likeness (QED) is 0.738. The Morgan fingerprint density at radius 3 is 2.67 bits per heavy atom. The van der Waals surface area contributed by atoms with Crippen LogP contribution in [0.4, 0.5) is 4.79 Å². The van der Waals surface area contributed by atoms with Crippen molar-refractivity contribution in [3.05, 3.63) is 58.6 Å². The van der Waals surface area contributed by atoms with Gasteiger partial charge in [-0.2, -0.15) is 0 Å². The van der Waals surface area contributed by atoms with Crippen LogP contribution in [0.15, 0.2) is 42.5 Å². The maximum absolute atomic E-state index is 12.3. The Hall–Kier alpha value is -2.93. The van der Waals surface area contributed by atoms with Crippen molar-refractivity contribution in [2.24, 2.45) is 5.73 Å². The lowest BCUT2D eigenvalue weighted by atomic mass is 10.0. The molecule has 0 aliphatic carbocycles. The Balaban J connectivity index is 1.63. The van der Waals surface area contributed by atoms with Gasteiger partial charge in [-0.05, 0) is 23.3 Å². The van der Waals surface area contributed by atoms with E-state index in [0.717, 1.165) is 5.56 Å². The molecule has 0 saturated heterocycles. The van der Waals surface area contributed by atoms with E-state index in [1.165, 1.54) is 0 Å². The molecule has 2 aromatic carbocycles. The van der Waals surface area contributed by atoms with E-state index in [4.69, 9.17) is 31.5 Å². The number of hydrogen-bond acceptors (Lipinski definition) is 5. The summed E-state index contributed by atoms with van der Waals surface area (Å²) in [7, 11) is 0. The first-order chi connectivity index (χ1) is 13.0. The molecule has 1 aliphatic heterocycles. The summed E-state index contributed by atoms with van der Waals surface area (Å²) in [5, 5.41) is 2.95. The number of primary amides is 1. The normalized spacial score (nSPS) is 13.5. The van der Waals surface area contributed by atoms with Gasteiger partial charge in [0.2, 0.25) is 0 Å². The summed E-state index contributed by atoms with van der Waals surface area (Å²) in [5.74, 6) is 0.536. The van der Waals surface area contributed by atoms with Gasteiger partial charge in [0.05, 0.1) is 17.5 Å². The van der Waals surface area contributed by atoms with Gasteiger partial charge in [-0.25, -0.2) is 4.79 Å². The number of ether oxygens (including phenoxy) is 3. The molecule has 0 bridgehead atoms. The molecule has 0 fully saturated rings. The fourth-order valence-electron chi connectivity index (χ4n) is 2.75. The number of carbonyl (C=O) groups excluding carboxylic acids is 2. The van der Waals surface area contributed by atoms with Crippen LogP contribution in [-0.2, 0) is 16.1 Å². The van der Waals surface area contributed by atoms with Gasteiger partial charge in [0.25, 0.3) is 0 Å². The standard InChI is InChI=1S/C19H19ClN2O5/c20-14-8-12(9-16-18(14)26-7-6-25-16)11-27-17(23)10-15(22-19(21)24)13-4-2-1-3-5-13/h1-5,8-9,15H,6-7,10-11H2,(H3,21,22,24)/t15-/m1/s1. The third-order valence-corrected chi connectivity index (χ3v) is 4.23. The summed E-state index contributed by atoms with van der Waals surface area (Å²) in [4.78, 5) is 23.5. The zero-order valence-electron chi connectivity index (χ0n) is 14.4. The van der Waals surface area contributed by atoms with Gasteiger partial charge in [-0.1, -0.05) is 41.9 Å². The van der Waals surface area contributed by atoms with Crippen molar-refractivity contribution in [2.45, 2.75) is 19.1 Å². The number of hydrogen-bond donors (Lipinski definition) is 2. The minimum atomic E-state index is -0.713. The number of halogens is 1. The van der Waals surface area contributed by atoms with Crippen LogP contribution in [0.1, 0.15) is 23.6 Å². The predicted molar refractivity (Wildman–Crippen MR) is 98.8 cm³/mol. The lowest BCUT2D eigenvalue weighted by Gasteiger charge is -2.20. The fourth-order valence-corrected chi connectivity index (χ4v) is 3.03. The topological polar surface area (TPSA) is 99.9 Å². The molecule has 0 aromatic heterocycles. The van der Waals surface area contributed by atoms with Crippen LogP contribution in [0.3, 0.4) is 0 Å². The van der Waals surface area contributed by atoms with Crippen molar-refractivity contribution in [2.75, 3.05) is 13.2 Å². The van der Waals surface area contributed by atoms with Crippen molar-refractivity contribution in [3.8, 4) is 11.5 Å². The van der Waals surface area contributed by atoms with Crippen LogP contribution >= 0.6 is 11.6 Å². The molecule has 0 saturated carbocycles. The first-order valence-electron chi connectivity index (χ1n) is 8.37. The second-order valence-corrected chi connectivity index (χ2v) is 6.35. The monoisotopic (exact) mass is 390 g/mol. The molecule has 0 radical (unpaired) electrons. The Labute approximate surface area is 161 Å². The Morgan fingerprint density at radius 1 is 1.19 bits per heavy atom. The first kappa shape index (κ1) is 18.8. The number of nitrogens with two attached hydrogens (primary N) is 1. The first-order valence-corrected chi connectivity index (χ1v) is 8.75. The average Bonchev–Trinajstić information content (AvgIpc) is 2.66. The van der Waals surface area contributed by atoms with E-state index in [-0.39, 0.29) is 13.0 Å². The molecular weight excluding hydrogens is 372 g/mol. The zero-order valence-corrected chi connectivity index (χ0v) is 15.2. The van der Waals surface area contributed by atoms with E-state index in [1.807, 2.05) is 18.2 Å². The Kier molecular flexibility index (Phi) is 6.03. The van der Waals surface area contributed by atoms with E-state index < -0.39 is 18.0 Å². The number of amides is 2. The van der Waals surface area contributed by atoms with E-state index in [1.54, 1.807) is 24.3 Å². The number of carbonyl (C=O) groups is 2. The molecule has 2 aromatic rings. The Morgan fingerprint density at radius 2 is 1.93 bits per heavy atom. The molecule has 142 valence electrons. The predicted octanol–water partition coefficient (Wildman–Crippen LogP) is 2.95. The molecule has 1 aliphatic rings. The van der Waals surface area contributed by atoms with Crippen LogP contribution in [-0.4, -0.2) is 25.2 Å². The summed E-state index contributed by atoms with van der Waals surface area (Å²) in [6.07, 6.45) is -0.0504. The molecule has 0 spiro atoms. The Bertz CT molecular complexity index is 828. The fraction of sp³-hybridized carbons (Fsp3) is 0.263. The molecule has 7 nitrogen and oxygen atoms in total. The van der Waals surface area contributed by atoms with Gasteiger partial charge < -0.3 is 25.3 Å². The molecule has 1 atom stereocenters. The minimum absolute atomic E-state index is 0.0211. The summed E-state index contributed by atoms with van der Waals surface area (Å²) in [6.45, 7) is 0.895.